The van der Waals surface area contributed by atoms with Crippen LogP contribution in [0.2, 0.25) is 0 Å². The molecule has 1 saturated carbocycles. The lowest BCUT2D eigenvalue weighted by atomic mass is 9.84. The van der Waals surface area contributed by atoms with Crippen molar-refractivity contribution in [2.75, 3.05) is 0 Å². The van der Waals surface area contributed by atoms with E-state index in [1.165, 1.54) is 0 Å². The summed E-state index contributed by atoms with van der Waals surface area (Å²) in [6.07, 6.45) is -6.07. The van der Waals surface area contributed by atoms with Crippen molar-refractivity contribution < 1.29 is 38.1 Å². The molecule has 0 spiro atoms. The molecule has 0 aromatic heterocycles. The zero-order valence-corrected chi connectivity index (χ0v) is 27.7. The number of hydrogen-bond donors (Lipinski definition) is 0. The van der Waals surface area contributed by atoms with Crippen molar-refractivity contribution in [3.63, 3.8) is 0 Å². The summed E-state index contributed by atoms with van der Waals surface area (Å²) in [4.78, 5) is 48.2. The number of rotatable bonds is 13. The molecule has 1 aliphatic heterocycles. The lowest BCUT2D eigenvalue weighted by Gasteiger charge is -2.46. The maximum Gasteiger partial charge on any atom is 0.410 e. The van der Waals surface area contributed by atoms with Gasteiger partial charge in [-0.15, -0.1) is 0 Å². The second-order valence-corrected chi connectivity index (χ2v) is 11.8. The van der Waals surface area contributed by atoms with Gasteiger partial charge in [0, 0.05) is 35.1 Å². The van der Waals surface area contributed by atoms with E-state index >= 15 is 0 Å². The molecule has 1 heterocycles. The van der Waals surface area contributed by atoms with Crippen LogP contribution in [-0.2, 0) is 46.4 Å². The molecule has 264 valence electrons. The van der Waals surface area contributed by atoms with E-state index < -0.39 is 72.9 Å². The van der Waals surface area contributed by atoms with Gasteiger partial charge in [0.05, 0.1) is 30.3 Å². The summed E-state index contributed by atoms with van der Waals surface area (Å²) >= 11 is 0. The summed E-state index contributed by atoms with van der Waals surface area (Å²) < 4.78 is 29.5. The van der Waals surface area contributed by atoms with Crippen molar-refractivity contribution in [2.24, 2.45) is 15.3 Å². The van der Waals surface area contributed by atoms with Crippen molar-refractivity contribution in [3.8, 4) is 0 Å². The summed E-state index contributed by atoms with van der Waals surface area (Å²) in [5.41, 5.74) is 29.6. The van der Waals surface area contributed by atoms with E-state index in [1.807, 2.05) is 60.7 Å². The van der Waals surface area contributed by atoms with Gasteiger partial charge in [0.25, 0.3) is 0 Å². The Bertz CT molecular complexity index is 1620. The van der Waals surface area contributed by atoms with Gasteiger partial charge in [-0.3, -0.25) is 14.5 Å². The summed E-state index contributed by atoms with van der Waals surface area (Å²) in [6.45, 7) is 4.30. The van der Waals surface area contributed by atoms with E-state index in [0.29, 0.717) is 6.42 Å². The maximum absolute atomic E-state index is 13.6. The third kappa shape index (κ3) is 10.0. The van der Waals surface area contributed by atoms with E-state index in [9.17, 15) is 31.0 Å². The highest BCUT2D eigenvalue weighted by Crippen LogP contribution is 2.36. The number of esters is 2. The molecule has 2 aliphatic rings. The highest BCUT2D eigenvalue weighted by Gasteiger charge is 2.51. The third-order valence-electron chi connectivity index (χ3n) is 8.42. The third-order valence-corrected chi connectivity index (χ3v) is 8.42. The molecule has 2 aromatic carbocycles. The average molecular weight is 691 g/mol. The van der Waals surface area contributed by atoms with Crippen molar-refractivity contribution in [1.29, 1.82) is 0 Å². The van der Waals surface area contributed by atoms with E-state index in [-0.39, 0.29) is 26.0 Å². The van der Waals surface area contributed by atoms with Gasteiger partial charge >= 0.3 is 18.0 Å². The zero-order chi connectivity index (χ0) is 36.0. The number of ether oxygens (including phenoxy) is 5. The molecule has 2 aromatic rings. The van der Waals surface area contributed by atoms with Crippen LogP contribution >= 0.6 is 0 Å². The minimum absolute atomic E-state index is 0.0499. The first-order chi connectivity index (χ1) is 24.1. The minimum atomic E-state index is -1.41. The van der Waals surface area contributed by atoms with Crippen LogP contribution < -0.4 is 0 Å². The van der Waals surface area contributed by atoms with Crippen molar-refractivity contribution in [2.45, 2.75) is 108 Å². The second-order valence-electron chi connectivity index (χ2n) is 11.8. The first-order valence-electron chi connectivity index (χ1n) is 15.9. The van der Waals surface area contributed by atoms with Gasteiger partial charge in [0.15, 0.2) is 12.4 Å². The van der Waals surface area contributed by atoms with Gasteiger partial charge in [0.2, 0.25) is 0 Å². The summed E-state index contributed by atoms with van der Waals surface area (Å²) in [7, 11) is 0. The largest absolute Gasteiger partial charge is 0.458 e. The van der Waals surface area contributed by atoms with Gasteiger partial charge in [-0.2, -0.15) is 0 Å². The minimum Gasteiger partial charge on any atom is -0.458 e. The van der Waals surface area contributed by atoms with Crippen LogP contribution in [0.4, 0.5) is 4.79 Å². The van der Waals surface area contributed by atoms with Crippen LogP contribution in [-0.4, -0.2) is 77.8 Å². The molecular formula is C32H38N10O8. The number of azide groups is 3. The van der Waals surface area contributed by atoms with Gasteiger partial charge in [-0.25, -0.2) is 4.79 Å². The monoisotopic (exact) mass is 690 g/mol. The number of benzene rings is 2. The molecule has 2 fully saturated rings. The molecule has 1 unspecified atom stereocenters. The fourth-order valence-corrected chi connectivity index (χ4v) is 6.10. The van der Waals surface area contributed by atoms with Gasteiger partial charge in [-0.05, 0) is 53.9 Å². The van der Waals surface area contributed by atoms with E-state index in [4.69, 9.17) is 23.7 Å². The molecular weight excluding hydrogens is 652 g/mol. The number of carbonyl (C=O) groups excluding carboxylic acids is 3. The number of hydrogen-bond acceptors (Lipinski definition) is 11. The molecule has 1 saturated heterocycles. The van der Waals surface area contributed by atoms with Crippen LogP contribution in [0, 0.1) is 0 Å². The normalized spacial score (nSPS) is 26.4. The Morgan fingerprint density at radius 1 is 0.800 bits per heavy atom. The lowest BCUT2D eigenvalue weighted by molar-refractivity contribution is -0.263. The summed E-state index contributed by atoms with van der Waals surface area (Å²) in [6, 6.07) is 14.9. The Labute approximate surface area is 287 Å². The summed E-state index contributed by atoms with van der Waals surface area (Å²) in [5, 5.41) is 11.4. The highest BCUT2D eigenvalue weighted by atomic mass is 16.7. The first kappa shape index (κ1) is 37.3. The van der Waals surface area contributed by atoms with Crippen molar-refractivity contribution in [3.05, 3.63) is 103 Å². The quantitative estimate of drug-likeness (QED) is 0.0745. The number of carbonyl (C=O) groups is 3. The number of nitrogens with zero attached hydrogens (tertiary/aromatic N) is 10. The van der Waals surface area contributed by atoms with Gasteiger partial charge < -0.3 is 23.7 Å². The smallest absolute Gasteiger partial charge is 0.410 e. The van der Waals surface area contributed by atoms with Crippen LogP contribution in [0.15, 0.2) is 76.0 Å². The molecule has 9 atom stereocenters. The number of amides is 1. The molecule has 0 N–H and O–H groups in total. The van der Waals surface area contributed by atoms with E-state index in [0.717, 1.165) is 25.0 Å². The lowest BCUT2D eigenvalue weighted by Crippen LogP contribution is -2.60. The average Bonchev–Trinajstić information content (AvgIpc) is 3.10. The Balaban J connectivity index is 1.64. The highest BCUT2D eigenvalue weighted by molar-refractivity contribution is 5.68. The standard InChI is InChI=1S/C32H38N10O8/c1-19(42(17-22-10-6-4-7-11-22)32(45)46-18-23-12-8-5-9-13-23)27-15-14-24(36-39-33)31(49-27)50-29-26(38-41-35)16-25(37-40-34)28(47-20(2)43)30(29)48-21(3)44/h4-13,19,24-31H,14-18H2,1-3H3/t19-,24+,25-,26+,27+,28+,29-,30?,31-/m1/s1. The van der Waals surface area contributed by atoms with E-state index in [1.54, 1.807) is 11.8 Å². The van der Waals surface area contributed by atoms with Crippen LogP contribution in [0.25, 0.3) is 31.3 Å². The molecule has 18 heteroatoms. The fourth-order valence-electron chi connectivity index (χ4n) is 6.10. The predicted molar refractivity (Wildman–Crippen MR) is 175 cm³/mol. The van der Waals surface area contributed by atoms with Crippen LogP contribution in [0.1, 0.15) is 51.2 Å². The zero-order valence-electron chi connectivity index (χ0n) is 27.7. The Morgan fingerprint density at radius 3 is 1.92 bits per heavy atom. The van der Waals surface area contributed by atoms with Crippen LogP contribution in [0.3, 0.4) is 0 Å². The Hall–Kier alpha value is -5.50. The first-order valence-corrected chi connectivity index (χ1v) is 15.9. The van der Waals surface area contributed by atoms with Gasteiger partial charge in [-0.1, -0.05) is 76.0 Å². The van der Waals surface area contributed by atoms with Crippen LogP contribution in [0.5, 0.6) is 0 Å². The molecule has 1 aliphatic carbocycles. The molecule has 0 bridgehead atoms. The molecule has 4 rings (SSSR count). The summed E-state index contributed by atoms with van der Waals surface area (Å²) in [5.74, 6) is -1.53. The van der Waals surface area contributed by atoms with Crippen molar-refractivity contribution >= 4 is 18.0 Å². The molecule has 1 amide bonds. The fraction of sp³-hybridized carbons (Fsp3) is 0.531. The van der Waals surface area contributed by atoms with Crippen molar-refractivity contribution in [1.82, 2.24) is 4.90 Å². The van der Waals surface area contributed by atoms with E-state index in [2.05, 4.69) is 30.1 Å². The second kappa shape index (κ2) is 18.3. The maximum atomic E-state index is 13.6. The molecule has 18 nitrogen and oxygen atoms in total. The molecule has 50 heavy (non-hydrogen) atoms. The Kier molecular flexibility index (Phi) is 13.7. The topological polar surface area (TPSA) is 247 Å². The predicted octanol–water partition coefficient (Wildman–Crippen LogP) is 6.41. The Morgan fingerprint density at radius 2 is 1.34 bits per heavy atom. The van der Waals surface area contributed by atoms with Gasteiger partial charge in [0.1, 0.15) is 18.8 Å². The SMILES string of the molecule is CC(=O)OC1[C@@H](OC(C)=O)[C@H](N=[N+]=[N-])C[C@H](N=[N+]=[N-])[C@H]1O[C@H]1O[C@H]([C@@H](C)N(Cc2ccccc2)C(=O)OCc2ccccc2)CC[C@@H]1N=[N+]=[N-]. The molecule has 0 radical (unpaired) electrons.